The van der Waals surface area contributed by atoms with Gasteiger partial charge in [-0.05, 0) is 17.9 Å². The zero-order valence-electron chi connectivity index (χ0n) is 9.08. The van der Waals surface area contributed by atoms with E-state index in [2.05, 4.69) is 12.2 Å². The SMILES string of the molecule is CCSCCNc1ccccc1SC(F)F. The fraction of sp³-hybridized carbons (Fsp3) is 0.455. The Balaban J connectivity index is 2.50. The number of alkyl halides is 2. The molecule has 0 bridgehead atoms. The van der Waals surface area contributed by atoms with Crippen molar-refractivity contribution >= 4 is 29.2 Å². The summed E-state index contributed by atoms with van der Waals surface area (Å²) < 4.78 is 24.5. The van der Waals surface area contributed by atoms with Crippen molar-refractivity contribution in [2.45, 2.75) is 17.6 Å². The van der Waals surface area contributed by atoms with Crippen molar-refractivity contribution < 1.29 is 8.78 Å². The van der Waals surface area contributed by atoms with Crippen molar-refractivity contribution in [2.75, 3.05) is 23.4 Å². The van der Waals surface area contributed by atoms with Gasteiger partial charge in [0, 0.05) is 22.9 Å². The van der Waals surface area contributed by atoms with Crippen LogP contribution in [0.5, 0.6) is 0 Å². The third-order valence-corrected chi connectivity index (χ3v) is 3.56. The Kier molecular flexibility index (Phi) is 6.64. The van der Waals surface area contributed by atoms with Gasteiger partial charge < -0.3 is 5.32 Å². The molecule has 0 saturated heterocycles. The number of para-hydroxylation sites is 1. The standard InChI is InChI=1S/C11H15F2NS2/c1-2-15-8-7-14-9-5-3-4-6-10(9)16-11(12)13/h3-6,11,14H,2,7-8H2,1H3. The molecule has 0 aliphatic carbocycles. The molecule has 0 heterocycles. The van der Waals surface area contributed by atoms with E-state index in [1.54, 1.807) is 12.1 Å². The molecule has 0 amide bonds. The molecule has 1 nitrogen and oxygen atoms in total. The highest BCUT2D eigenvalue weighted by Gasteiger charge is 2.08. The molecule has 0 unspecified atom stereocenters. The maximum Gasteiger partial charge on any atom is 0.288 e. The third kappa shape index (κ3) is 5.07. The predicted molar refractivity (Wildman–Crippen MR) is 69.8 cm³/mol. The van der Waals surface area contributed by atoms with Gasteiger partial charge in [-0.1, -0.05) is 30.8 Å². The van der Waals surface area contributed by atoms with Crippen LogP contribution in [-0.2, 0) is 0 Å². The van der Waals surface area contributed by atoms with Crippen molar-refractivity contribution in [3.8, 4) is 0 Å². The summed E-state index contributed by atoms with van der Waals surface area (Å²) >= 11 is 2.42. The minimum absolute atomic E-state index is 0.586. The Morgan fingerprint density at radius 3 is 2.75 bits per heavy atom. The average Bonchev–Trinajstić information content (AvgIpc) is 2.26. The molecule has 16 heavy (non-hydrogen) atoms. The highest BCUT2D eigenvalue weighted by molar-refractivity contribution is 7.99. The second kappa shape index (κ2) is 7.79. The van der Waals surface area contributed by atoms with E-state index in [9.17, 15) is 8.78 Å². The number of thioether (sulfide) groups is 2. The zero-order valence-corrected chi connectivity index (χ0v) is 10.7. The number of hydrogen-bond acceptors (Lipinski definition) is 3. The number of anilines is 1. The highest BCUT2D eigenvalue weighted by Crippen LogP contribution is 2.31. The average molecular weight is 263 g/mol. The van der Waals surface area contributed by atoms with Crippen LogP contribution < -0.4 is 5.32 Å². The van der Waals surface area contributed by atoms with Gasteiger partial charge in [0.2, 0.25) is 0 Å². The molecule has 0 fully saturated rings. The molecule has 1 rings (SSSR count). The van der Waals surface area contributed by atoms with Crippen LogP contribution in [0.15, 0.2) is 29.2 Å². The van der Waals surface area contributed by atoms with Crippen molar-refractivity contribution in [3.63, 3.8) is 0 Å². The van der Waals surface area contributed by atoms with E-state index in [1.165, 1.54) is 0 Å². The molecule has 0 atom stereocenters. The molecule has 0 aliphatic heterocycles. The Labute approximate surface area is 103 Å². The van der Waals surface area contributed by atoms with Gasteiger partial charge in [0.1, 0.15) is 0 Å². The summed E-state index contributed by atoms with van der Waals surface area (Å²) in [4.78, 5) is 0.610. The highest BCUT2D eigenvalue weighted by atomic mass is 32.2. The first-order valence-corrected chi connectivity index (χ1v) is 7.13. The van der Waals surface area contributed by atoms with E-state index >= 15 is 0 Å². The summed E-state index contributed by atoms with van der Waals surface area (Å²) in [7, 11) is 0. The Morgan fingerprint density at radius 1 is 1.31 bits per heavy atom. The molecule has 0 spiro atoms. The van der Waals surface area contributed by atoms with Crippen molar-refractivity contribution in [1.29, 1.82) is 0 Å². The van der Waals surface area contributed by atoms with Crippen molar-refractivity contribution in [2.24, 2.45) is 0 Å². The maximum atomic E-state index is 12.3. The largest absolute Gasteiger partial charge is 0.383 e. The lowest BCUT2D eigenvalue weighted by Crippen LogP contribution is -2.05. The van der Waals surface area contributed by atoms with Gasteiger partial charge in [-0.15, -0.1) is 0 Å². The Bertz CT molecular complexity index is 308. The van der Waals surface area contributed by atoms with Gasteiger partial charge in [0.05, 0.1) is 0 Å². The van der Waals surface area contributed by atoms with Crippen LogP contribution in [0, 0.1) is 0 Å². The van der Waals surface area contributed by atoms with Crippen molar-refractivity contribution in [3.05, 3.63) is 24.3 Å². The van der Waals surface area contributed by atoms with Crippen LogP contribution in [0.1, 0.15) is 6.92 Å². The molecule has 0 saturated carbocycles. The van der Waals surface area contributed by atoms with Crippen molar-refractivity contribution in [1.82, 2.24) is 0 Å². The van der Waals surface area contributed by atoms with Gasteiger partial charge in [-0.3, -0.25) is 0 Å². The monoisotopic (exact) mass is 263 g/mol. The summed E-state index contributed by atoms with van der Waals surface area (Å²) in [5, 5.41) is 3.18. The van der Waals surface area contributed by atoms with Crippen LogP contribution in [0.25, 0.3) is 0 Å². The number of rotatable bonds is 7. The molecule has 5 heteroatoms. The van der Waals surface area contributed by atoms with Crippen LogP contribution in [0.3, 0.4) is 0 Å². The molecule has 1 N–H and O–H groups in total. The smallest absolute Gasteiger partial charge is 0.288 e. The minimum atomic E-state index is -2.37. The fourth-order valence-corrected chi connectivity index (χ4v) is 2.36. The van der Waals surface area contributed by atoms with Crippen LogP contribution in [-0.4, -0.2) is 23.8 Å². The molecule has 0 aliphatic rings. The van der Waals surface area contributed by atoms with E-state index in [0.717, 1.165) is 23.7 Å². The molecule has 0 aromatic heterocycles. The molecule has 1 aromatic rings. The number of halogens is 2. The summed E-state index contributed by atoms with van der Waals surface area (Å²) in [6.07, 6.45) is 0. The van der Waals surface area contributed by atoms with E-state index < -0.39 is 5.76 Å². The first-order valence-electron chi connectivity index (χ1n) is 5.09. The Morgan fingerprint density at radius 2 is 2.06 bits per heavy atom. The van der Waals surface area contributed by atoms with Gasteiger partial charge in [0.25, 0.3) is 5.76 Å². The van der Waals surface area contributed by atoms with E-state index in [1.807, 2.05) is 23.9 Å². The minimum Gasteiger partial charge on any atom is -0.383 e. The first kappa shape index (κ1) is 13.6. The molecule has 1 aromatic carbocycles. The second-order valence-corrected chi connectivity index (χ2v) is 5.42. The lowest BCUT2D eigenvalue weighted by molar-refractivity contribution is 0.252. The number of benzene rings is 1. The Hall–Kier alpha value is -0.420. The number of nitrogens with one attached hydrogen (secondary N) is 1. The summed E-state index contributed by atoms with van der Waals surface area (Å²) in [6, 6.07) is 7.18. The lowest BCUT2D eigenvalue weighted by Gasteiger charge is -2.10. The van der Waals surface area contributed by atoms with E-state index in [0.29, 0.717) is 16.7 Å². The normalized spacial score (nSPS) is 10.8. The van der Waals surface area contributed by atoms with E-state index in [-0.39, 0.29) is 0 Å². The van der Waals surface area contributed by atoms with E-state index in [4.69, 9.17) is 0 Å². The summed E-state index contributed by atoms with van der Waals surface area (Å²) in [5.74, 6) is -0.299. The molecule has 0 radical (unpaired) electrons. The summed E-state index contributed by atoms with van der Waals surface area (Å²) in [5.41, 5.74) is 0.796. The molecular weight excluding hydrogens is 248 g/mol. The molecule has 90 valence electrons. The van der Waals surface area contributed by atoms with Crippen LogP contribution in [0.2, 0.25) is 0 Å². The third-order valence-electron chi connectivity index (χ3n) is 1.87. The predicted octanol–water partition coefficient (Wildman–Crippen LogP) is 4.17. The lowest BCUT2D eigenvalue weighted by atomic mass is 10.3. The topological polar surface area (TPSA) is 12.0 Å². The number of hydrogen-bond donors (Lipinski definition) is 1. The summed E-state index contributed by atoms with van der Waals surface area (Å²) in [6.45, 7) is 2.91. The second-order valence-electron chi connectivity index (χ2n) is 3.00. The van der Waals surface area contributed by atoms with Gasteiger partial charge in [-0.25, -0.2) is 0 Å². The molecular formula is C11H15F2NS2. The quantitative estimate of drug-likeness (QED) is 0.586. The fourth-order valence-electron chi connectivity index (χ4n) is 1.21. The maximum absolute atomic E-state index is 12.3. The van der Waals surface area contributed by atoms with Gasteiger partial charge in [0.15, 0.2) is 0 Å². The van der Waals surface area contributed by atoms with Crippen LogP contribution in [0.4, 0.5) is 14.5 Å². The van der Waals surface area contributed by atoms with Gasteiger partial charge >= 0.3 is 0 Å². The van der Waals surface area contributed by atoms with Gasteiger partial charge in [-0.2, -0.15) is 20.5 Å². The van der Waals surface area contributed by atoms with Crippen LogP contribution >= 0.6 is 23.5 Å². The zero-order chi connectivity index (χ0) is 11.8. The first-order chi connectivity index (χ1) is 7.74.